The maximum absolute atomic E-state index is 12.2. The minimum atomic E-state index is -3.84. The zero-order valence-corrected chi connectivity index (χ0v) is 12.2. The highest BCUT2D eigenvalue weighted by atomic mass is 32.2. The van der Waals surface area contributed by atoms with Crippen LogP contribution in [0.25, 0.3) is 0 Å². The number of benzene rings is 1. The number of ether oxygens (including phenoxy) is 1. The Kier molecular flexibility index (Phi) is 4.62. The van der Waals surface area contributed by atoms with Crippen molar-refractivity contribution in [3.05, 3.63) is 18.2 Å². The number of sulfonamides is 1. The number of hydrogen-bond acceptors (Lipinski definition) is 5. The summed E-state index contributed by atoms with van der Waals surface area (Å²) in [5.74, 6) is 0.345. The summed E-state index contributed by atoms with van der Waals surface area (Å²) < 4.78 is 31.8. The second-order valence-corrected chi connectivity index (χ2v) is 6.78. The van der Waals surface area contributed by atoms with E-state index in [9.17, 15) is 18.5 Å². The molecule has 0 fully saturated rings. The van der Waals surface area contributed by atoms with E-state index in [1.807, 2.05) is 0 Å². The third kappa shape index (κ3) is 4.20. The van der Waals surface area contributed by atoms with Gasteiger partial charge in [0.1, 0.15) is 5.75 Å². The van der Waals surface area contributed by atoms with Gasteiger partial charge in [-0.25, -0.2) is 13.1 Å². The first kappa shape index (κ1) is 16.0. The highest BCUT2D eigenvalue weighted by Gasteiger charge is 2.28. The van der Waals surface area contributed by atoms with E-state index >= 15 is 0 Å². The molecule has 0 spiro atoms. The molecule has 0 atom stereocenters. The fourth-order valence-electron chi connectivity index (χ4n) is 1.56. The van der Waals surface area contributed by atoms with Crippen molar-refractivity contribution >= 4 is 22.6 Å². The number of hydrogen-bond donors (Lipinski definition) is 3. The molecule has 0 aromatic heterocycles. The van der Waals surface area contributed by atoms with Crippen LogP contribution in [0.1, 0.15) is 20.8 Å². The average Bonchev–Trinajstić information content (AvgIpc) is 2.24. The number of rotatable bonds is 4. The van der Waals surface area contributed by atoms with Crippen molar-refractivity contribution in [1.29, 1.82) is 0 Å². The summed E-state index contributed by atoms with van der Waals surface area (Å²) >= 11 is 0. The molecule has 3 N–H and O–H groups in total. The second-order valence-electron chi connectivity index (χ2n) is 5.13. The monoisotopic (exact) mass is 287 g/mol. The molecular weight excluding hydrogens is 269 g/mol. The van der Waals surface area contributed by atoms with Gasteiger partial charge in [-0.2, -0.15) is 0 Å². The lowest BCUT2D eigenvalue weighted by Gasteiger charge is -2.21. The minimum absolute atomic E-state index is 0.129. The summed E-state index contributed by atoms with van der Waals surface area (Å²) in [6.07, 6.45) is 0. The summed E-state index contributed by atoms with van der Waals surface area (Å²) in [5.41, 5.74) is -0.799. The first-order valence-corrected chi connectivity index (χ1v) is 7.13. The highest BCUT2D eigenvalue weighted by molar-refractivity contribution is 7.89. The van der Waals surface area contributed by atoms with E-state index in [0.29, 0.717) is 5.75 Å². The van der Waals surface area contributed by atoms with E-state index < -0.39 is 22.7 Å². The van der Waals surface area contributed by atoms with Gasteiger partial charge in [0.05, 0.1) is 12.0 Å². The van der Waals surface area contributed by atoms with Crippen molar-refractivity contribution in [3.63, 3.8) is 0 Å². The molecule has 8 heteroatoms. The summed E-state index contributed by atoms with van der Waals surface area (Å²) in [6.45, 7) is 5.09. The van der Waals surface area contributed by atoms with E-state index in [1.54, 1.807) is 20.8 Å². The van der Waals surface area contributed by atoms with E-state index in [0.717, 1.165) is 0 Å². The molecule has 106 valence electrons. The van der Waals surface area contributed by atoms with Gasteiger partial charge in [-0.3, -0.25) is 0 Å². The standard InChI is InChI=1S/C11H18BNO5S/c1-11(2,3)13-19(16,17)10-6-5-8(18-4)7-9(10)12(14)15/h5-7,13-15H,1-4H3. The van der Waals surface area contributed by atoms with Crippen LogP contribution in [0.2, 0.25) is 0 Å². The lowest BCUT2D eigenvalue weighted by atomic mass is 9.80. The highest BCUT2D eigenvalue weighted by Crippen LogP contribution is 2.16. The maximum atomic E-state index is 12.2. The maximum Gasteiger partial charge on any atom is 0.489 e. The molecule has 0 amide bonds. The molecule has 0 aliphatic carbocycles. The fraction of sp³-hybridized carbons (Fsp3) is 0.455. The molecular formula is C11H18BNO5S. The zero-order valence-electron chi connectivity index (χ0n) is 11.3. The molecule has 0 radical (unpaired) electrons. The summed E-state index contributed by atoms with van der Waals surface area (Å²) in [5, 5.41) is 18.6. The Labute approximate surface area is 113 Å². The van der Waals surface area contributed by atoms with Gasteiger partial charge < -0.3 is 14.8 Å². The second kappa shape index (κ2) is 5.50. The Morgan fingerprint density at radius 2 is 1.84 bits per heavy atom. The van der Waals surface area contributed by atoms with Gasteiger partial charge in [-0.1, -0.05) is 0 Å². The normalized spacial score (nSPS) is 12.3. The topological polar surface area (TPSA) is 95.9 Å². The van der Waals surface area contributed by atoms with Gasteiger partial charge in [0.25, 0.3) is 0 Å². The first-order valence-electron chi connectivity index (χ1n) is 5.65. The van der Waals surface area contributed by atoms with Crippen molar-refractivity contribution in [3.8, 4) is 5.75 Å². The van der Waals surface area contributed by atoms with E-state index in [2.05, 4.69) is 4.72 Å². The lowest BCUT2D eigenvalue weighted by molar-refractivity contribution is 0.411. The molecule has 0 saturated heterocycles. The van der Waals surface area contributed by atoms with Crippen LogP contribution in [0.3, 0.4) is 0 Å². The van der Waals surface area contributed by atoms with E-state index in [-0.39, 0.29) is 10.4 Å². The minimum Gasteiger partial charge on any atom is -0.497 e. The van der Waals surface area contributed by atoms with Gasteiger partial charge in [0, 0.05) is 11.0 Å². The molecule has 0 unspecified atom stereocenters. The molecule has 0 aliphatic rings. The smallest absolute Gasteiger partial charge is 0.489 e. The predicted molar refractivity (Wildman–Crippen MR) is 72.9 cm³/mol. The van der Waals surface area contributed by atoms with Crippen LogP contribution >= 0.6 is 0 Å². The van der Waals surface area contributed by atoms with Crippen molar-refractivity contribution in [2.24, 2.45) is 0 Å². The van der Waals surface area contributed by atoms with Crippen LogP contribution < -0.4 is 14.9 Å². The van der Waals surface area contributed by atoms with Crippen LogP contribution in [0.5, 0.6) is 5.75 Å². The Balaban J connectivity index is 3.34. The molecule has 0 bridgehead atoms. The van der Waals surface area contributed by atoms with Crippen LogP contribution in [-0.2, 0) is 10.0 Å². The van der Waals surface area contributed by atoms with Crippen LogP contribution in [0.4, 0.5) is 0 Å². The summed E-state index contributed by atoms with van der Waals surface area (Å²) in [6, 6.07) is 4.01. The molecule has 1 rings (SSSR count). The van der Waals surface area contributed by atoms with Gasteiger partial charge in [-0.15, -0.1) is 0 Å². The largest absolute Gasteiger partial charge is 0.497 e. The van der Waals surface area contributed by atoms with Gasteiger partial charge in [-0.05, 0) is 39.0 Å². The van der Waals surface area contributed by atoms with Crippen molar-refractivity contribution in [2.45, 2.75) is 31.2 Å². The Hall–Kier alpha value is -1.09. The summed E-state index contributed by atoms with van der Waals surface area (Å²) in [7, 11) is -4.34. The Bertz CT molecular complexity index is 551. The van der Waals surface area contributed by atoms with Gasteiger partial charge >= 0.3 is 7.12 Å². The Morgan fingerprint density at radius 1 is 1.26 bits per heavy atom. The van der Waals surface area contributed by atoms with Crippen molar-refractivity contribution in [2.75, 3.05) is 7.11 Å². The average molecular weight is 287 g/mol. The van der Waals surface area contributed by atoms with Crippen molar-refractivity contribution < 1.29 is 23.2 Å². The molecule has 0 aliphatic heterocycles. The molecule has 1 aromatic rings. The predicted octanol–water partition coefficient (Wildman–Crippen LogP) is -0.548. The first-order chi connectivity index (χ1) is 8.57. The summed E-state index contributed by atoms with van der Waals surface area (Å²) in [4.78, 5) is -0.182. The molecule has 0 saturated carbocycles. The van der Waals surface area contributed by atoms with Gasteiger partial charge in [0.2, 0.25) is 10.0 Å². The third-order valence-corrected chi connectivity index (χ3v) is 4.06. The van der Waals surface area contributed by atoms with Crippen molar-refractivity contribution in [1.82, 2.24) is 4.72 Å². The molecule has 0 heterocycles. The van der Waals surface area contributed by atoms with Crippen LogP contribution in [0, 0.1) is 0 Å². The SMILES string of the molecule is COc1ccc(S(=O)(=O)NC(C)(C)C)c(B(O)O)c1. The molecule has 19 heavy (non-hydrogen) atoms. The Morgan fingerprint density at radius 3 is 2.26 bits per heavy atom. The molecule has 6 nitrogen and oxygen atoms in total. The van der Waals surface area contributed by atoms with Crippen LogP contribution in [0.15, 0.2) is 23.1 Å². The van der Waals surface area contributed by atoms with Crippen LogP contribution in [-0.4, -0.2) is 38.2 Å². The lowest BCUT2D eigenvalue weighted by Crippen LogP contribution is -2.44. The van der Waals surface area contributed by atoms with Gasteiger partial charge in [0.15, 0.2) is 0 Å². The van der Waals surface area contributed by atoms with E-state index in [4.69, 9.17) is 4.74 Å². The molecule has 1 aromatic carbocycles. The number of nitrogens with one attached hydrogen (secondary N) is 1. The zero-order chi connectivity index (χ0) is 14.8. The quantitative estimate of drug-likeness (QED) is 0.646. The van der Waals surface area contributed by atoms with E-state index in [1.165, 1.54) is 25.3 Å². The third-order valence-electron chi connectivity index (χ3n) is 2.23. The fourth-order valence-corrected chi connectivity index (χ4v) is 3.20. The number of methoxy groups -OCH3 is 1.